The molecule has 0 unspecified atom stereocenters. The summed E-state index contributed by atoms with van der Waals surface area (Å²) in [7, 11) is 3.78. The van der Waals surface area contributed by atoms with Gasteiger partial charge in [0.25, 0.3) is 0 Å². The Bertz CT molecular complexity index is 584. The van der Waals surface area contributed by atoms with Crippen molar-refractivity contribution in [2.24, 2.45) is 0 Å². The fraction of sp³-hybridized carbons (Fsp3) is 0.417. The SMILES string of the molecule is CN(C)c1nc2c(Cl)c(Cl)ccc2n1COCCO. The van der Waals surface area contributed by atoms with E-state index < -0.39 is 0 Å². The number of hydrogen-bond donors (Lipinski definition) is 1. The average Bonchev–Trinajstić information content (AvgIpc) is 2.74. The van der Waals surface area contributed by atoms with Gasteiger partial charge in [-0.05, 0) is 12.1 Å². The molecule has 1 aromatic heterocycles. The van der Waals surface area contributed by atoms with Crippen LogP contribution in [0.15, 0.2) is 12.1 Å². The monoisotopic (exact) mass is 303 g/mol. The number of fused-ring (bicyclic) bond motifs is 1. The van der Waals surface area contributed by atoms with E-state index in [9.17, 15) is 0 Å². The molecule has 1 N–H and O–H groups in total. The molecule has 0 aliphatic heterocycles. The Morgan fingerprint density at radius 2 is 2.11 bits per heavy atom. The topological polar surface area (TPSA) is 50.5 Å². The first-order valence-corrected chi connectivity index (χ1v) is 6.52. The van der Waals surface area contributed by atoms with Gasteiger partial charge in [-0.1, -0.05) is 23.2 Å². The van der Waals surface area contributed by atoms with Gasteiger partial charge in [-0.25, -0.2) is 4.98 Å². The Kier molecular flexibility index (Phi) is 4.52. The maximum Gasteiger partial charge on any atom is 0.208 e. The first-order valence-electron chi connectivity index (χ1n) is 5.76. The third kappa shape index (κ3) is 2.79. The summed E-state index contributed by atoms with van der Waals surface area (Å²) >= 11 is 12.2. The van der Waals surface area contributed by atoms with Crippen LogP contribution in [0.25, 0.3) is 11.0 Å². The van der Waals surface area contributed by atoms with Crippen molar-refractivity contribution in [3.05, 3.63) is 22.2 Å². The Labute approximate surface area is 121 Å². The van der Waals surface area contributed by atoms with Gasteiger partial charge < -0.3 is 14.7 Å². The van der Waals surface area contributed by atoms with Crippen molar-refractivity contribution in [3.8, 4) is 0 Å². The Morgan fingerprint density at radius 3 is 2.74 bits per heavy atom. The second-order valence-corrected chi connectivity index (χ2v) is 5.01. The number of aliphatic hydroxyl groups excluding tert-OH is 1. The summed E-state index contributed by atoms with van der Waals surface area (Å²) < 4.78 is 7.25. The zero-order valence-electron chi connectivity index (χ0n) is 10.7. The number of anilines is 1. The molecule has 0 atom stereocenters. The van der Waals surface area contributed by atoms with Gasteiger partial charge in [-0.15, -0.1) is 0 Å². The largest absolute Gasteiger partial charge is 0.394 e. The van der Waals surface area contributed by atoms with Crippen LogP contribution in [0.5, 0.6) is 0 Å². The highest BCUT2D eigenvalue weighted by molar-refractivity contribution is 6.44. The van der Waals surface area contributed by atoms with Crippen molar-refractivity contribution in [2.75, 3.05) is 32.2 Å². The fourth-order valence-electron chi connectivity index (χ4n) is 1.81. The lowest BCUT2D eigenvalue weighted by atomic mass is 10.3. The lowest BCUT2D eigenvalue weighted by molar-refractivity contribution is 0.0508. The van der Waals surface area contributed by atoms with Crippen LogP contribution in [-0.4, -0.2) is 42.0 Å². The van der Waals surface area contributed by atoms with Crippen LogP contribution >= 0.6 is 23.2 Å². The van der Waals surface area contributed by atoms with Gasteiger partial charge >= 0.3 is 0 Å². The van der Waals surface area contributed by atoms with E-state index >= 15 is 0 Å². The molecule has 7 heteroatoms. The van der Waals surface area contributed by atoms with E-state index in [1.54, 1.807) is 6.07 Å². The van der Waals surface area contributed by atoms with Crippen molar-refractivity contribution in [2.45, 2.75) is 6.73 Å². The molecule has 0 radical (unpaired) electrons. The molecular formula is C12H15Cl2N3O2. The zero-order chi connectivity index (χ0) is 14.0. The van der Waals surface area contributed by atoms with Gasteiger partial charge in [-0.3, -0.25) is 4.57 Å². The number of rotatable bonds is 5. The van der Waals surface area contributed by atoms with Crippen LogP contribution in [0, 0.1) is 0 Å². The number of hydrogen-bond acceptors (Lipinski definition) is 4. The number of imidazole rings is 1. The lowest BCUT2D eigenvalue weighted by Crippen LogP contribution is -2.17. The number of aliphatic hydroxyl groups is 1. The summed E-state index contributed by atoms with van der Waals surface area (Å²) in [5.74, 6) is 0.720. The van der Waals surface area contributed by atoms with Crippen LogP contribution in [0.2, 0.25) is 10.0 Å². The Morgan fingerprint density at radius 1 is 1.37 bits per heavy atom. The third-order valence-corrected chi connectivity index (χ3v) is 3.44. The van der Waals surface area contributed by atoms with Gasteiger partial charge in [0, 0.05) is 14.1 Å². The van der Waals surface area contributed by atoms with Gasteiger partial charge in [0.05, 0.1) is 28.8 Å². The number of halogens is 2. The molecule has 0 saturated heterocycles. The van der Waals surface area contributed by atoms with Crippen LogP contribution in [0.1, 0.15) is 0 Å². The Balaban J connectivity index is 2.51. The quantitative estimate of drug-likeness (QED) is 0.862. The molecule has 1 aromatic carbocycles. The number of benzene rings is 1. The van der Waals surface area contributed by atoms with E-state index in [2.05, 4.69) is 4.98 Å². The first-order chi connectivity index (χ1) is 9.06. The van der Waals surface area contributed by atoms with Gasteiger partial charge in [-0.2, -0.15) is 0 Å². The minimum atomic E-state index is -0.0173. The van der Waals surface area contributed by atoms with Crippen molar-refractivity contribution < 1.29 is 9.84 Å². The second kappa shape index (κ2) is 5.96. The van der Waals surface area contributed by atoms with Crippen molar-refractivity contribution in [3.63, 3.8) is 0 Å². The van der Waals surface area contributed by atoms with Crippen molar-refractivity contribution in [1.82, 2.24) is 9.55 Å². The molecule has 0 bridgehead atoms. The lowest BCUT2D eigenvalue weighted by Gasteiger charge is -2.14. The van der Waals surface area contributed by atoms with Gasteiger partial charge in [0.15, 0.2) is 0 Å². The zero-order valence-corrected chi connectivity index (χ0v) is 12.2. The molecule has 104 valence electrons. The summed E-state index contributed by atoms with van der Waals surface area (Å²) in [4.78, 5) is 6.35. The minimum Gasteiger partial charge on any atom is -0.394 e. The molecule has 0 aliphatic carbocycles. The second-order valence-electron chi connectivity index (χ2n) is 4.22. The van der Waals surface area contributed by atoms with E-state index in [1.807, 2.05) is 29.6 Å². The van der Waals surface area contributed by atoms with Gasteiger partial charge in [0.1, 0.15) is 12.2 Å². The van der Waals surface area contributed by atoms with E-state index in [0.717, 1.165) is 11.5 Å². The molecule has 5 nitrogen and oxygen atoms in total. The summed E-state index contributed by atoms with van der Waals surface area (Å²) in [6.45, 7) is 0.549. The predicted octanol–water partition coefficient (Wildman–Crippen LogP) is 2.38. The highest BCUT2D eigenvalue weighted by Gasteiger charge is 2.16. The minimum absolute atomic E-state index is 0.0173. The highest BCUT2D eigenvalue weighted by Crippen LogP contribution is 2.32. The summed E-state index contributed by atoms with van der Waals surface area (Å²) in [6.07, 6.45) is 0. The number of ether oxygens (including phenoxy) is 1. The van der Waals surface area contributed by atoms with E-state index in [4.69, 9.17) is 33.0 Å². The van der Waals surface area contributed by atoms with E-state index in [-0.39, 0.29) is 13.2 Å². The number of nitrogens with zero attached hydrogens (tertiary/aromatic N) is 3. The molecule has 0 spiro atoms. The molecule has 1 heterocycles. The van der Waals surface area contributed by atoms with Crippen LogP contribution in [-0.2, 0) is 11.5 Å². The summed E-state index contributed by atoms with van der Waals surface area (Å²) in [5, 5.41) is 9.67. The fourth-order valence-corrected chi connectivity index (χ4v) is 2.17. The normalized spacial score (nSPS) is 11.2. The molecule has 2 aromatic rings. The highest BCUT2D eigenvalue weighted by atomic mass is 35.5. The predicted molar refractivity (Wildman–Crippen MR) is 77.1 cm³/mol. The van der Waals surface area contributed by atoms with E-state index in [1.165, 1.54) is 0 Å². The summed E-state index contributed by atoms with van der Waals surface area (Å²) in [5.41, 5.74) is 1.49. The van der Waals surface area contributed by atoms with Crippen molar-refractivity contribution >= 4 is 40.2 Å². The molecule has 2 rings (SSSR count). The maximum atomic E-state index is 8.77. The molecule has 0 aliphatic rings. The van der Waals surface area contributed by atoms with Crippen LogP contribution < -0.4 is 4.90 Å². The average molecular weight is 304 g/mol. The van der Waals surface area contributed by atoms with Crippen molar-refractivity contribution in [1.29, 1.82) is 0 Å². The summed E-state index contributed by atoms with van der Waals surface area (Å²) in [6, 6.07) is 3.59. The Hall–Kier alpha value is -1.01. The molecule has 0 fully saturated rings. The molecule has 19 heavy (non-hydrogen) atoms. The van der Waals surface area contributed by atoms with Crippen LogP contribution in [0.3, 0.4) is 0 Å². The van der Waals surface area contributed by atoms with E-state index in [0.29, 0.717) is 22.3 Å². The van der Waals surface area contributed by atoms with Crippen LogP contribution in [0.4, 0.5) is 5.95 Å². The number of aromatic nitrogens is 2. The smallest absolute Gasteiger partial charge is 0.208 e. The third-order valence-electron chi connectivity index (χ3n) is 2.65. The van der Waals surface area contributed by atoms with Gasteiger partial charge in [0.2, 0.25) is 5.95 Å². The molecular weight excluding hydrogens is 289 g/mol. The molecule has 0 saturated carbocycles. The standard InChI is InChI=1S/C12H15Cl2N3O2/c1-16(2)12-15-11-9(4-3-8(13)10(11)14)17(12)7-19-6-5-18/h3-4,18H,5-7H2,1-2H3. The first kappa shape index (κ1) is 14.4. The maximum absolute atomic E-state index is 8.77. The molecule has 0 amide bonds.